The largest absolute Gasteiger partial charge is 0.456 e. The summed E-state index contributed by atoms with van der Waals surface area (Å²) in [5.74, 6) is 1.94. The molecule has 2 aromatic heterocycles. The minimum atomic E-state index is 0.642. The van der Waals surface area contributed by atoms with Gasteiger partial charge in [0.1, 0.15) is 11.2 Å². The lowest BCUT2D eigenvalue weighted by molar-refractivity contribution is 0.669. The number of hydrogen-bond acceptors (Lipinski definition) is 4. The van der Waals surface area contributed by atoms with Crippen LogP contribution in [0.3, 0.4) is 0 Å². The molecular formula is C43H25N3O. The van der Waals surface area contributed by atoms with Crippen LogP contribution in [0.2, 0.25) is 0 Å². The van der Waals surface area contributed by atoms with Crippen LogP contribution in [0.25, 0.3) is 99.5 Å². The lowest BCUT2D eigenvalue weighted by Crippen LogP contribution is -2.00. The summed E-state index contributed by atoms with van der Waals surface area (Å²) in [5.41, 5.74) is 7.02. The molecule has 0 fully saturated rings. The molecule has 0 saturated carbocycles. The average Bonchev–Trinajstić information content (AvgIpc) is 3.54. The fourth-order valence-corrected chi connectivity index (χ4v) is 7.08. The van der Waals surface area contributed by atoms with Gasteiger partial charge in [0, 0.05) is 27.5 Å². The molecule has 0 unspecified atom stereocenters. The molecule has 0 N–H and O–H groups in total. The summed E-state index contributed by atoms with van der Waals surface area (Å²) in [5, 5.41) is 9.61. The van der Waals surface area contributed by atoms with Gasteiger partial charge < -0.3 is 4.42 Å². The van der Waals surface area contributed by atoms with Crippen LogP contribution in [0, 0.1) is 0 Å². The zero-order valence-electron chi connectivity index (χ0n) is 25.2. The molecule has 0 aliphatic rings. The van der Waals surface area contributed by atoms with Crippen LogP contribution in [0.4, 0.5) is 0 Å². The van der Waals surface area contributed by atoms with Gasteiger partial charge in [-0.15, -0.1) is 0 Å². The molecule has 4 heteroatoms. The lowest BCUT2D eigenvalue weighted by Gasteiger charge is -2.13. The highest BCUT2D eigenvalue weighted by atomic mass is 16.3. The van der Waals surface area contributed by atoms with E-state index in [1.54, 1.807) is 0 Å². The predicted molar refractivity (Wildman–Crippen MR) is 193 cm³/mol. The van der Waals surface area contributed by atoms with Gasteiger partial charge >= 0.3 is 0 Å². The summed E-state index contributed by atoms with van der Waals surface area (Å²) in [4.78, 5) is 14.9. The molecule has 218 valence electrons. The number of hydrogen-bond donors (Lipinski definition) is 0. The van der Waals surface area contributed by atoms with Crippen LogP contribution in [0.5, 0.6) is 0 Å². The summed E-state index contributed by atoms with van der Waals surface area (Å²) in [7, 11) is 0. The molecule has 0 amide bonds. The molecule has 47 heavy (non-hydrogen) atoms. The first kappa shape index (κ1) is 25.9. The third-order valence-electron chi connectivity index (χ3n) is 9.28. The average molecular weight is 600 g/mol. The van der Waals surface area contributed by atoms with Crippen molar-refractivity contribution in [3.05, 3.63) is 152 Å². The lowest BCUT2D eigenvalue weighted by atomic mass is 9.89. The van der Waals surface area contributed by atoms with Crippen LogP contribution in [-0.4, -0.2) is 15.0 Å². The van der Waals surface area contributed by atoms with E-state index < -0.39 is 0 Å². The van der Waals surface area contributed by atoms with Gasteiger partial charge in [-0.1, -0.05) is 133 Å². The third kappa shape index (κ3) is 4.05. The van der Waals surface area contributed by atoms with Gasteiger partial charge in [0.15, 0.2) is 17.5 Å². The van der Waals surface area contributed by atoms with Crippen molar-refractivity contribution in [3.8, 4) is 45.3 Å². The Hall–Kier alpha value is -6.39. The van der Waals surface area contributed by atoms with Crippen molar-refractivity contribution in [2.24, 2.45) is 0 Å². The van der Waals surface area contributed by atoms with Gasteiger partial charge in [-0.3, -0.25) is 0 Å². The summed E-state index contributed by atoms with van der Waals surface area (Å²) in [6.07, 6.45) is 0. The SMILES string of the molecule is c1ccc(-c2nc(-c3ccc(-c4cccc5c6cccc7oc8cccc(c45)c8c76)cc3)nc(-c3ccc4ccccc4c3)n2)cc1. The Morgan fingerprint density at radius 1 is 0.340 bits per heavy atom. The summed E-state index contributed by atoms with van der Waals surface area (Å²) in [6.45, 7) is 0. The zero-order chi connectivity index (χ0) is 30.9. The van der Waals surface area contributed by atoms with Crippen LogP contribution >= 0.6 is 0 Å². The van der Waals surface area contributed by atoms with Crippen molar-refractivity contribution >= 4 is 54.3 Å². The maximum atomic E-state index is 6.28. The molecule has 0 spiro atoms. The highest BCUT2D eigenvalue weighted by Crippen LogP contribution is 2.45. The Morgan fingerprint density at radius 3 is 1.62 bits per heavy atom. The van der Waals surface area contributed by atoms with E-state index in [4.69, 9.17) is 19.4 Å². The first-order valence-electron chi connectivity index (χ1n) is 15.8. The van der Waals surface area contributed by atoms with E-state index in [1.165, 1.54) is 43.3 Å². The van der Waals surface area contributed by atoms with E-state index >= 15 is 0 Å². The topological polar surface area (TPSA) is 51.8 Å². The monoisotopic (exact) mass is 599 g/mol. The zero-order valence-corrected chi connectivity index (χ0v) is 25.2. The third-order valence-corrected chi connectivity index (χ3v) is 9.28. The maximum absolute atomic E-state index is 6.28. The fraction of sp³-hybridized carbons (Fsp3) is 0. The molecule has 10 aromatic rings. The van der Waals surface area contributed by atoms with Crippen molar-refractivity contribution in [2.75, 3.05) is 0 Å². The quantitative estimate of drug-likeness (QED) is 0.189. The molecule has 0 aliphatic heterocycles. The second-order valence-electron chi connectivity index (χ2n) is 12.0. The number of furan rings is 1. The van der Waals surface area contributed by atoms with Gasteiger partial charge in [0.05, 0.1) is 0 Å². The van der Waals surface area contributed by atoms with Gasteiger partial charge in [0.2, 0.25) is 0 Å². The van der Waals surface area contributed by atoms with Gasteiger partial charge in [-0.05, 0) is 61.6 Å². The Morgan fingerprint density at radius 2 is 0.872 bits per heavy atom. The van der Waals surface area contributed by atoms with Crippen LogP contribution in [0.1, 0.15) is 0 Å². The van der Waals surface area contributed by atoms with Crippen molar-refractivity contribution in [1.29, 1.82) is 0 Å². The minimum absolute atomic E-state index is 0.642. The fourth-order valence-electron chi connectivity index (χ4n) is 7.08. The molecule has 10 rings (SSSR count). The predicted octanol–water partition coefficient (Wildman–Crippen LogP) is 11.3. The first-order chi connectivity index (χ1) is 23.3. The number of fused-ring (bicyclic) bond motifs is 4. The molecule has 0 aliphatic carbocycles. The first-order valence-corrected chi connectivity index (χ1v) is 15.8. The Kier molecular flexibility index (Phi) is 5.54. The van der Waals surface area contributed by atoms with E-state index in [-0.39, 0.29) is 0 Å². The number of benzene rings is 8. The normalized spacial score (nSPS) is 11.8. The van der Waals surface area contributed by atoms with Crippen molar-refractivity contribution in [1.82, 2.24) is 15.0 Å². The van der Waals surface area contributed by atoms with Crippen LogP contribution < -0.4 is 0 Å². The number of nitrogens with zero attached hydrogens (tertiary/aromatic N) is 3. The van der Waals surface area contributed by atoms with Crippen LogP contribution in [0.15, 0.2) is 156 Å². The molecule has 2 heterocycles. The molecule has 8 aromatic carbocycles. The Bertz CT molecular complexity index is 2780. The van der Waals surface area contributed by atoms with Crippen molar-refractivity contribution < 1.29 is 4.42 Å². The molecule has 0 atom stereocenters. The summed E-state index contributed by atoms with van der Waals surface area (Å²) >= 11 is 0. The molecule has 0 saturated heterocycles. The minimum Gasteiger partial charge on any atom is -0.456 e. The van der Waals surface area contributed by atoms with E-state index in [0.29, 0.717) is 17.5 Å². The van der Waals surface area contributed by atoms with Crippen LogP contribution in [-0.2, 0) is 0 Å². The second kappa shape index (κ2) is 10.1. The van der Waals surface area contributed by atoms with Crippen molar-refractivity contribution in [3.63, 3.8) is 0 Å². The molecular weight excluding hydrogens is 574 g/mol. The summed E-state index contributed by atoms with van der Waals surface area (Å²) < 4.78 is 6.28. The maximum Gasteiger partial charge on any atom is 0.164 e. The van der Waals surface area contributed by atoms with Gasteiger partial charge in [0.25, 0.3) is 0 Å². The molecule has 0 radical (unpaired) electrons. The molecule has 4 nitrogen and oxygen atoms in total. The highest BCUT2D eigenvalue weighted by Gasteiger charge is 2.19. The Labute approximate surface area is 270 Å². The second-order valence-corrected chi connectivity index (χ2v) is 12.0. The number of aromatic nitrogens is 3. The van der Waals surface area contributed by atoms with E-state index in [9.17, 15) is 0 Å². The Balaban J connectivity index is 1.13. The van der Waals surface area contributed by atoms with E-state index in [1.807, 2.05) is 30.3 Å². The molecule has 0 bridgehead atoms. The highest BCUT2D eigenvalue weighted by molar-refractivity contribution is 6.34. The van der Waals surface area contributed by atoms with E-state index in [2.05, 4.69) is 121 Å². The van der Waals surface area contributed by atoms with Gasteiger partial charge in [-0.2, -0.15) is 0 Å². The summed E-state index contributed by atoms with van der Waals surface area (Å²) in [6, 6.07) is 52.7. The number of rotatable bonds is 4. The standard InChI is InChI=1S/C43H25N3O/c1-2-10-28(11-3-1)41-44-42(46-43(45-41)31-24-19-26-9-4-5-12-30(26)25-31)29-22-20-27(21-23-29)32-13-6-14-33-34-15-7-17-36-39(34)40-35(38(32)33)16-8-18-37(40)47-36/h1-25H. The smallest absolute Gasteiger partial charge is 0.164 e. The van der Waals surface area contributed by atoms with Gasteiger partial charge in [-0.25, -0.2) is 15.0 Å². The van der Waals surface area contributed by atoms with Crippen molar-refractivity contribution in [2.45, 2.75) is 0 Å². The van der Waals surface area contributed by atoms with E-state index in [0.717, 1.165) is 38.8 Å².